The summed E-state index contributed by atoms with van der Waals surface area (Å²) in [6, 6.07) is 6.24. The number of allylic oxidation sites excluding steroid dienone is 1. The van der Waals surface area contributed by atoms with Gasteiger partial charge >= 0.3 is 0 Å². The van der Waals surface area contributed by atoms with Crippen LogP contribution in [-0.4, -0.2) is 4.92 Å². The van der Waals surface area contributed by atoms with E-state index in [2.05, 4.69) is 6.58 Å². The van der Waals surface area contributed by atoms with E-state index in [-0.39, 0.29) is 11.1 Å². The van der Waals surface area contributed by atoms with Crippen LogP contribution in [0.2, 0.25) is 0 Å². The van der Waals surface area contributed by atoms with E-state index in [9.17, 15) is 10.1 Å². The maximum absolute atomic E-state index is 10.4. The van der Waals surface area contributed by atoms with Crippen LogP contribution in [0.15, 0.2) is 36.9 Å². The van der Waals surface area contributed by atoms with Crippen molar-refractivity contribution in [3.05, 3.63) is 52.6 Å². The molecule has 0 bridgehead atoms. The van der Waals surface area contributed by atoms with Gasteiger partial charge in [0.25, 0.3) is 5.69 Å². The number of nitrogens with zero attached hydrogens (tertiary/aromatic N) is 1. The van der Waals surface area contributed by atoms with Crippen molar-refractivity contribution in [2.75, 3.05) is 0 Å². The number of benzene rings is 1. The summed E-state index contributed by atoms with van der Waals surface area (Å²) in [5, 5.41) is 10.2. The van der Waals surface area contributed by atoms with Gasteiger partial charge in [-0.1, -0.05) is 18.2 Å². The molecular formula is C10H10ClNO2. The molecule has 1 unspecified atom stereocenters. The molecule has 0 spiro atoms. The molecule has 74 valence electrons. The maximum atomic E-state index is 10.4. The Labute approximate surface area is 87.2 Å². The van der Waals surface area contributed by atoms with E-state index in [4.69, 9.17) is 11.6 Å². The van der Waals surface area contributed by atoms with Crippen molar-refractivity contribution in [2.45, 2.75) is 11.8 Å². The van der Waals surface area contributed by atoms with Crippen LogP contribution in [0.1, 0.15) is 17.4 Å². The average Bonchev–Trinajstić information content (AvgIpc) is 2.18. The molecule has 0 aliphatic rings. The standard InChI is InChI=1S/C10H10ClNO2/c1-2-3-10(11)8-4-6-9(7-5-8)12(13)14/h2,4-7,10H,1,3H2. The third-order valence-electron chi connectivity index (χ3n) is 1.84. The van der Waals surface area contributed by atoms with Crippen LogP contribution in [0, 0.1) is 10.1 Å². The summed E-state index contributed by atoms with van der Waals surface area (Å²) in [4.78, 5) is 9.93. The molecule has 0 radical (unpaired) electrons. The Morgan fingerprint density at radius 3 is 2.50 bits per heavy atom. The lowest BCUT2D eigenvalue weighted by Gasteiger charge is -2.05. The van der Waals surface area contributed by atoms with Crippen LogP contribution >= 0.6 is 11.6 Å². The summed E-state index contributed by atoms with van der Waals surface area (Å²) < 4.78 is 0. The van der Waals surface area contributed by atoms with Crippen molar-refractivity contribution >= 4 is 17.3 Å². The van der Waals surface area contributed by atoms with Crippen LogP contribution in [0.4, 0.5) is 5.69 Å². The van der Waals surface area contributed by atoms with E-state index in [1.165, 1.54) is 12.1 Å². The lowest BCUT2D eigenvalue weighted by atomic mass is 10.1. The zero-order chi connectivity index (χ0) is 10.6. The van der Waals surface area contributed by atoms with Gasteiger partial charge in [-0.05, 0) is 12.0 Å². The van der Waals surface area contributed by atoms with Gasteiger partial charge in [0, 0.05) is 12.1 Å². The molecule has 1 atom stereocenters. The Morgan fingerprint density at radius 2 is 2.07 bits per heavy atom. The highest BCUT2D eigenvalue weighted by atomic mass is 35.5. The zero-order valence-corrected chi connectivity index (χ0v) is 8.28. The van der Waals surface area contributed by atoms with Crippen molar-refractivity contribution in [1.82, 2.24) is 0 Å². The largest absolute Gasteiger partial charge is 0.269 e. The molecule has 1 rings (SSSR count). The number of halogens is 1. The molecule has 0 heterocycles. The van der Waals surface area contributed by atoms with Crippen molar-refractivity contribution < 1.29 is 4.92 Å². The van der Waals surface area contributed by atoms with Gasteiger partial charge in [0.05, 0.1) is 10.3 Å². The molecule has 0 saturated carbocycles. The molecule has 0 aliphatic heterocycles. The highest BCUT2D eigenvalue weighted by Crippen LogP contribution is 2.25. The van der Waals surface area contributed by atoms with Gasteiger partial charge in [-0.3, -0.25) is 10.1 Å². The fraction of sp³-hybridized carbons (Fsp3) is 0.200. The maximum Gasteiger partial charge on any atom is 0.269 e. The number of non-ortho nitro benzene ring substituents is 1. The number of alkyl halides is 1. The fourth-order valence-corrected chi connectivity index (χ4v) is 1.36. The predicted octanol–water partition coefficient (Wildman–Crippen LogP) is 3.45. The van der Waals surface area contributed by atoms with Crippen molar-refractivity contribution in [3.63, 3.8) is 0 Å². The summed E-state index contributed by atoms with van der Waals surface area (Å²) in [6.45, 7) is 3.58. The van der Waals surface area contributed by atoms with E-state index in [0.29, 0.717) is 6.42 Å². The molecule has 4 heteroatoms. The second-order valence-electron chi connectivity index (χ2n) is 2.84. The molecule has 0 aromatic heterocycles. The quantitative estimate of drug-likeness (QED) is 0.331. The third-order valence-corrected chi connectivity index (χ3v) is 2.27. The minimum Gasteiger partial charge on any atom is -0.258 e. The molecule has 0 aliphatic carbocycles. The summed E-state index contributed by atoms with van der Waals surface area (Å²) in [7, 11) is 0. The molecular weight excluding hydrogens is 202 g/mol. The second-order valence-corrected chi connectivity index (χ2v) is 3.37. The van der Waals surface area contributed by atoms with Crippen LogP contribution in [0.25, 0.3) is 0 Å². The summed E-state index contributed by atoms with van der Waals surface area (Å²) in [5.41, 5.74) is 0.952. The smallest absolute Gasteiger partial charge is 0.258 e. The van der Waals surface area contributed by atoms with Crippen LogP contribution in [-0.2, 0) is 0 Å². The zero-order valence-electron chi connectivity index (χ0n) is 7.52. The topological polar surface area (TPSA) is 43.1 Å². The summed E-state index contributed by atoms with van der Waals surface area (Å²) >= 11 is 6.00. The first kappa shape index (κ1) is 10.7. The van der Waals surface area contributed by atoms with Gasteiger partial charge in [-0.2, -0.15) is 0 Å². The van der Waals surface area contributed by atoms with E-state index in [1.54, 1.807) is 18.2 Å². The minimum absolute atomic E-state index is 0.0798. The van der Waals surface area contributed by atoms with E-state index < -0.39 is 4.92 Å². The van der Waals surface area contributed by atoms with Gasteiger partial charge < -0.3 is 0 Å². The third kappa shape index (κ3) is 2.57. The Kier molecular flexibility index (Phi) is 3.65. The number of hydrogen-bond acceptors (Lipinski definition) is 2. The molecule has 14 heavy (non-hydrogen) atoms. The van der Waals surface area contributed by atoms with Gasteiger partial charge in [-0.25, -0.2) is 0 Å². The molecule has 0 N–H and O–H groups in total. The minimum atomic E-state index is -0.430. The summed E-state index contributed by atoms with van der Waals surface area (Å²) in [5.74, 6) is 0. The van der Waals surface area contributed by atoms with Gasteiger partial charge in [-0.15, -0.1) is 18.2 Å². The van der Waals surface area contributed by atoms with Crippen molar-refractivity contribution in [3.8, 4) is 0 Å². The van der Waals surface area contributed by atoms with E-state index >= 15 is 0 Å². The lowest BCUT2D eigenvalue weighted by Crippen LogP contribution is -1.91. The molecule has 3 nitrogen and oxygen atoms in total. The lowest BCUT2D eigenvalue weighted by molar-refractivity contribution is -0.384. The van der Waals surface area contributed by atoms with Gasteiger partial charge in [0.2, 0.25) is 0 Å². The highest BCUT2D eigenvalue weighted by Gasteiger charge is 2.08. The number of nitro groups is 1. The Morgan fingerprint density at radius 1 is 1.50 bits per heavy atom. The SMILES string of the molecule is C=CCC(Cl)c1ccc([N+](=O)[O-])cc1. The van der Waals surface area contributed by atoms with E-state index in [1.807, 2.05) is 0 Å². The first-order chi connectivity index (χ1) is 6.65. The van der Waals surface area contributed by atoms with Crippen molar-refractivity contribution in [2.24, 2.45) is 0 Å². The number of rotatable bonds is 4. The van der Waals surface area contributed by atoms with Crippen LogP contribution in [0.3, 0.4) is 0 Å². The molecule has 0 amide bonds. The molecule has 0 saturated heterocycles. The number of hydrogen-bond donors (Lipinski definition) is 0. The monoisotopic (exact) mass is 211 g/mol. The molecule has 1 aromatic carbocycles. The predicted molar refractivity (Wildman–Crippen MR) is 56.5 cm³/mol. The molecule has 0 fully saturated rings. The summed E-state index contributed by atoms with van der Waals surface area (Å²) in [6.07, 6.45) is 2.37. The normalized spacial score (nSPS) is 12.1. The first-order valence-electron chi connectivity index (χ1n) is 4.14. The average molecular weight is 212 g/mol. The second kappa shape index (κ2) is 4.77. The van der Waals surface area contributed by atoms with Crippen molar-refractivity contribution in [1.29, 1.82) is 0 Å². The highest BCUT2D eigenvalue weighted by molar-refractivity contribution is 6.20. The van der Waals surface area contributed by atoms with Crippen LogP contribution < -0.4 is 0 Å². The van der Waals surface area contributed by atoms with E-state index in [0.717, 1.165) is 5.56 Å². The number of nitro benzene ring substituents is 1. The Bertz CT molecular complexity index is 334. The Balaban J connectivity index is 2.82. The first-order valence-corrected chi connectivity index (χ1v) is 4.58. The van der Waals surface area contributed by atoms with Gasteiger partial charge in [0.1, 0.15) is 0 Å². The van der Waals surface area contributed by atoms with Gasteiger partial charge in [0.15, 0.2) is 0 Å². The van der Waals surface area contributed by atoms with Crippen LogP contribution in [0.5, 0.6) is 0 Å². The Hall–Kier alpha value is -1.35. The molecule has 1 aromatic rings. The fourth-order valence-electron chi connectivity index (χ4n) is 1.09.